The van der Waals surface area contributed by atoms with Crippen molar-refractivity contribution < 1.29 is 4.79 Å². The van der Waals surface area contributed by atoms with Crippen molar-refractivity contribution in [3.05, 3.63) is 27.2 Å². The lowest BCUT2D eigenvalue weighted by Gasteiger charge is -2.15. The first-order valence-electron chi connectivity index (χ1n) is 5.66. The van der Waals surface area contributed by atoms with Crippen molar-refractivity contribution in [2.45, 2.75) is 25.3 Å². The van der Waals surface area contributed by atoms with E-state index in [0.29, 0.717) is 10.8 Å². The van der Waals surface area contributed by atoms with Crippen molar-refractivity contribution in [3.8, 4) is 0 Å². The zero-order chi connectivity index (χ0) is 12.5. The Balaban J connectivity index is 0.000001000. The van der Waals surface area contributed by atoms with Gasteiger partial charge < -0.3 is 5.73 Å². The number of carbonyl (C=O) groups is 1. The Bertz CT molecular complexity index is 573. The lowest BCUT2D eigenvalue weighted by Crippen LogP contribution is -2.27. The van der Waals surface area contributed by atoms with Crippen molar-refractivity contribution >= 4 is 58.5 Å². The Hall–Kier alpha value is -0.730. The zero-order valence-corrected chi connectivity index (χ0v) is 13.6. The maximum atomic E-state index is 11.8. The minimum Gasteiger partial charge on any atom is -0.327 e. The van der Waals surface area contributed by atoms with E-state index in [2.05, 4.69) is 15.3 Å². The second-order valence-corrected chi connectivity index (χ2v) is 6.02. The van der Waals surface area contributed by atoms with Crippen molar-refractivity contribution in [1.82, 2.24) is 9.97 Å². The van der Waals surface area contributed by atoms with Crippen molar-refractivity contribution in [1.29, 1.82) is 0 Å². The maximum Gasteiger partial charge on any atom is 0.276 e. The first-order valence-corrected chi connectivity index (χ1v) is 7.42. The first-order chi connectivity index (χ1) is 8.72. The van der Waals surface area contributed by atoms with E-state index in [-0.39, 0.29) is 36.8 Å². The van der Waals surface area contributed by atoms with E-state index in [9.17, 15) is 4.79 Å². The molecular formula is C11H14Cl2N4OS2. The highest BCUT2D eigenvalue weighted by molar-refractivity contribution is 7.16. The molecule has 1 atom stereocenters. The maximum absolute atomic E-state index is 11.8. The molecule has 2 heterocycles. The Morgan fingerprint density at radius 1 is 1.45 bits per heavy atom. The zero-order valence-electron chi connectivity index (χ0n) is 10.4. The Morgan fingerprint density at radius 3 is 2.95 bits per heavy atom. The number of amides is 1. The van der Waals surface area contributed by atoms with Crippen LogP contribution in [0.3, 0.4) is 0 Å². The third-order valence-corrected chi connectivity index (χ3v) is 4.49. The van der Waals surface area contributed by atoms with Gasteiger partial charge in [0.05, 0.1) is 11.2 Å². The molecule has 110 valence electrons. The molecule has 3 N–H and O–H groups in total. The number of thiazole rings is 2. The van der Waals surface area contributed by atoms with Gasteiger partial charge in [-0.2, -0.15) is 0 Å². The summed E-state index contributed by atoms with van der Waals surface area (Å²) in [5, 5.41) is 5.15. The van der Waals surface area contributed by atoms with Crippen molar-refractivity contribution in [2.75, 3.05) is 5.32 Å². The predicted molar refractivity (Wildman–Crippen MR) is 86.7 cm³/mol. The molecule has 1 aliphatic rings. The van der Waals surface area contributed by atoms with Gasteiger partial charge in [0.2, 0.25) is 0 Å². The summed E-state index contributed by atoms with van der Waals surface area (Å²) in [5.74, 6) is -0.202. The molecule has 5 nitrogen and oxygen atoms in total. The van der Waals surface area contributed by atoms with Gasteiger partial charge in [-0.3, -0.25) is 10.1 Å². The van der Waals surface area contributed by atoms with Crippen molar-refractivity contribution in [2.24, 2.45) is 5.73 Å². The number of halogens is 2. The van der Waals surface area contributed by atoms with E-state index in [1.807, 2.05) is 0 Å². The van der Waals surface area contributed by atoms with Crippen LogP contribution in [0.4, 0.5) is 5.13 Å². The molecule has 0 aliphatic heterocycles. The molecule has 0 saturated carbocycles. The third kappa shape index (κ3) is 3.67. The van der Waals surface area contributed by atoms with Gasteiger partial charge in [0, 0.05) is 16.3 Å². The molecule has 1 amide bonds. The van der Waals surface area contributed by atoms with E-state index in [1.54, 1.807) is 10.9 Å². The number of hydrogen-bond donors (Lipinski definition) is 2. The number of carbonyl (C=O) groups excluding carboxylic acids is 1. The average Bonchev–Trinajstić information content (AvgIpc) is 2.95. The summed E-state index contributed by atoms with van der Waals surface area (Å²) in [6.45, 7) is 0. The average molecular weight is 353 g/mol. The van der Waals surface area contributed by atoms with Crippen LogP contribution in [0.5, 0.6) is 0 Å². The monoisotopic (exact) mass is 352 g/mol. The molecular weight excluding hydrogens is 339 g/mol. The largest absolute Gasteiger partial charge is 0.327 e. The van der Waals surface area contributed by atoms with Crippen LogP contribution in [0.1, 0.15) is 27.5 Å². The van der Waals surface area contributed by atoms with Gasteiger partial charge in [0.25, 0.3) is 5.91 Å². The quantitative estimate of drug-likeness (QED) is 0.869. The van der Waals surface area contributed by atoms with Crippen LogP contribution in [0, 0.1) is 0 Å². The molecule has 0 unspecified atom stereocenters. The van der Waals surface area contributed by atoms with Gasteiger partial charge in [-0.05, 0) is 19.3 Å². The normalized spacial score (nSPS) is 16.6. The van der Waals surface area contributed by atoms with Gasteiger partial charge in [-0.1, -0.05) is 0 Å². The fourth-order valence-electron chi connectivity index (χ4n) is 1.94. The summed E-state index contributed by atoms with van der Waals surface area (Å²) in [7, 11) is 0. The fraction of sp³-hybridized carbons (Fsp3) is 0.364. The second-order valence-electron chi connectivity index (χ2n) is 4.22. The summed E-state index contributed by atoms with van der Waals surface area (Å²) in [5.41, 5.74) is 9.07. The number of rotatable bonds is 2. The van der Waals surface area contributed by atoms with Gasteiger partial charge >= 0.3 is 0 Å². The van der Waals surface area contributed by atoms with E-state index >= 15 is 0 Å². The first kappa shape index (κ1) is 17.3. The fourth-order valence-corrected chi connectivity index (χ4v) is 3.57. The topological polar surface area (TPSA) is 80.9 Å². The predicted octanol–water partition coefficient (Wildman–Crippen LogP) is 2.51. The number of anilines is 1. The number of nitrogens with zero attached hydrogens (tertiary/aromatic N) is 2. The number of hydrogen-bond acceptors (Lipinski definition) is 6. The smallest absolute Gasteiger partial charge is 0.276 e. The third-order valence-electron chi connectivity index (χ3n) is 2.86. The summed E-state index contributed by atoms with van der Waals surface area (Å²) in [4.78, 5) is 21.4. The van der Waals surface area contributed by atoms with Gasteiger partial charge in [0.1, 0.15) is 5.69 Å². The number of nitrogens with one attached hydrogen (secondary N) is 1. The van der Waals surface area contributed by atoms with Crippen LogP contribution in [0.15, 0.2) is 10.9 Å². The lowest BCUT2D eigenvalue weighted by molar-refractivity contribution is 0.102. The van der Waals surface area contributed by atoms with Crippen LogP contribution in [0.2, 0.25) is 0 Å². The Kier molecular flexibility index (Phi) is 6.35. The molecule has 0 aromatic carbocycles. The summed E-state index contributed by atoms with van der Waals surface area (Å²) >= 11 is 2.92. The van der Waals surface area contributed by atoms with Crippen LogP contribution in [-0.4, -0.2) is 21.9 Å². The number of aryl methyl sites for hydroxylation is 1. The molecule has 0 bridgehead atoms. The van der Waals surface area contributed by atoms with Gasteiger partial charge in [-0.15, -0.1) is 47.5 Å². The van der Waals surface area contributed by atoms with Crippen LogP contribution < -0.4 is 11.1 Å². The van der Waals surface area contributed by atoms with E-state index in [0.717, 1.165) is 25.0 Å². The van der Waals surface area contributed by atoms with Crippen LogP contribution in [0.25, 0.3) is 0 Å². The summed E-state index contributed by atoms with van der Waals surface area (Å²) < 4.78 is 0. The highest BCUT2D eigenvalue weighted by atomic mass is 35.5. The molecule has 0 fully saturated rings. The Morgan fingerprint density at radius 2 is 2.25 bits per heavy atom. The molecule has 20 heavy (non-hydrogen) atoms. The van der Waals surface area contributed by atoms with Crippen LogP contribution >= 0.6 is 47.5 Å². The lowest BCUT2D eigenvalue weighted by atomic mass is 9.99. The molecule has 9 heteroatoms. The molecule has 0 spiro atoms. The minimum atomic E-state index is -0.202. The Labute approximate surface area is 136 Å². The molecule has 3 rings (SSSR count). The molecule has 1 aliphatic carbocycles. The van der Waals surface area contributed by atoms with Crippen molar-refractivity contribution in [3.63, 3.8) is 0 Å². The summed E-state index contributed by atoms with van der Waals surface area (Å²) in [6, 6.07) is 0.222. The minimum absolute atomic E-state index is 0. The number of nitrogens with two attached hydrogens (primary N) is 1. The van der Waals surface area contributed by atoms with Gasteiger partial charge in [-0.25, -0.2) is 9.97 Å². The standard InChI is InChI=1S/C11H12N4OS2.2ClH/c12-6-1-2-7-9(3-6)18-11(14-7)15-10(16)8-4-17-5-13-8;;/h4-6H,1-3,12H2,(H,14,15,16);2*1H/t6-;;/m0../s1. The SMILES string of the molecule is Cl.Cl.N[C@H]1CCc2nc(NC(=O)c3cscn3)sc2C1. The highest BCUT2D eigenvalue weighted by Crippen LogP contribution is 2.29. The summed E-state index contributed by atoms with van der Waals surface area (Å²) in [6.07, 6.45) is 2.73. The molecule has 2 aromatic rings. The van der Waals surface area contributed by atoms with Crippen LogP contribution in [-0.2, 0) is 12.8 Å². The van der Waals surface area contributed by atoms with E-state index in [1.165, 1.54) is 27.6 Å². The van der Waals surface area contributed by atoms with Gasteiger partial charge in [0.15, 0.2) is 5.13 Å². The molecule has 0 saturated heterocycles. The second kappa shape index (κ2) is 7.33. The highest BCUT2D eigenvalue weighted by Gasteiger charge is 2.21. The number of fused-ring (bicyclic) bond motifs is 1. The van der Waals surface area contributed by atoms with E-state index in [4.69, 9.17) is 5.73 Å². The van der Waals surface area contributed by atoms with E-state index < -0.39 is 0 Å². The number of aromatic nitrogens is 2. The molecule has 0 radical (unpaired) electrons. The molecule has 2 aromatic heterocycles.